The first kappa shape index (κ1) is 12.0. The Bertz CT molecular complexity index is 546. The summed E-state index contributed by atoms with van der Waals surface area (Å²) in [5, 5.41) is 0. The van der Waals surface area contributed by atoms with Gasteiger partial charge in [0.15, 0.2) is 0 Å². The molecule has 0 bridgehead atoms. The van der Waals surface area contributed by atoms with Crippen molar-refractivity contribution in [2.75, 3.05) is 0 Å². The molecule has 0 spiro atoms. The van der Waals surface area contributed by atoms with E-state index in [2.05, 4.69) is 31.9 Å². The van der Waals surface area contributed by atoms with Crippen LogP contribution in [-0.2, 0) is 0 Å². The predicted molar refractivity (Wildman–Crippen MR) is 74.3 cm³/mol. The number of ketones is 1. The van der Waals surface area contributed by atoms with Gasteiger partial charge in [0, 0.05) is 10.0 Å². The SMILES string of the molecule is Cc1ccc(C(=O)c2ccc(Br)s2)c(Br)c1. The molecule has 0 aliphatic carbocycles. The molecule has 0 fully saturated rings. The zero-order chi connectivity index (χ0) is 11.7. The molecule has 2 aromatic rings. The number of benzene rings is 1. The van der Waals surface area contributed by atoms with E-state index in [1.807, 2.05) is 37.3 Å². The normalized spacial score (nSPS) is 10.4. The van der Waals surface area contributed by atoms with E-state index in [0.29, 0.717) is 5.56 Å². The quantitative estimate of drug-likeness (QED) is 0.703. The molecular weight excluding hydrogens is 352 g/mol. The number of rotatable bonds is 2. The highest BCUT2D eigenvalue weighted by atomic mass is 79.9. The highest BCUT2D eigenvalue weighted by molar-refractivity contribution is 9.11. The third-order valence-electron chi connectivity index (χ3n) is 2.17. The largest absolute Gasteiger partial charge is 0.288 e. The van der Waals surface area contributed by atoms with Gasteiger partial charge in [0.25, 0.3) is 0 Å². The summed E-state index contributed by atoms with van der Waals surface area (Å²) in [6.45, 7) is 2.00. The van der Waals surface area contributed by atoms with Gasteiger partial charge in [0.05, 0.1) is 8.66 Å². The lowest BCUT2D eigenvalue weighted by atomic mass is 10.1. The van der Waals surface area contributed by atoms with Crippen molar-refractivity contribution in [3.8, 4) is 0 Å². The molecule has 1 heterocycles. The monoisotopic (exact) mass is 358 g/mol. The second kappa shape index (κ2) is 4.82. The van der Waals surface area contributed by atoms with Crippen molar-refractivity contribution < 1.29 is 4.79 Å². The third-order valence-corrected chi connectivity index (χ3v) is 4.44. The van der Waals surface area contributed by atoms with Crippen LogP contribution in [0.2, 0.25) is 0 Å². The molecule has 0 aliphatic heterocycles. The van der Waals surface area contributed by atoms with Crippen LogP contribution < -0.4 is 0 Å². The van der Waals surface area contributed by atoms with E-state index in [0.717, 1.165) is 18.7 Å². The predicted octanol–water partition coefficient (Wildman–Crippen LogP) is 4.81. The first-order valence-corrected chi connectivity index (χ1v) is 7.04. The fourth-order valence-electron chi connectivity index (χ4n) is 1.37. The van der Waals surface area contributed by atoms with Crippen molar-refractivity contribution in [3.05, 3.63) is 54.6 Å². The van der Waals surface area contributed by atoms with Gasteiger partial charge in [-0.15, -0.1) is 11.3 Å². The average Bonchev–Trinajstić information content (AvgIpc) is 2.64. The Labute approximate surface area is 115 Å². The molecule has 0 saturated carbocycles. The molecule has 2 rings (SSSR count). The highest BCUT2D eigenvalue weighted by Crippen LogP contribution is 2.27. The summed E-state index contributed by atoms with van der Waals surface area (Å²) in [5.41, 5.74) is 1.84. The second-order valence-electron chi connectivity index (χ2n) is 3.42. The van der Waals surface area contributed by atoms with Crippen LogP contribution in [0, 0.1) is 6.92 Å². The summed E-state index contributed by atoms with van der Waals surface area (Å²) in [6, 6.07) is 9.48. The van der Waals surface area contributed by atoms with Crippen LogP contribution in [0.15, 0.2) is 38.6 Å². The molecule has 4 heteroatoms. The molecule has 16 heavy (non-hydrogen) atoms. The number of carbonyl (C=O) groups excluding carboxylic acids is 1. The zero-order valence-electron chi connectivity index (χ0n) is 8.46. The third kappa shape index (κ3) is 2.44. The van der Waals surface area contributed by atoms with E-state index in [1.165, 1.54) is 11.3 Å². The van der Waals surface area contributed by atoms with E-state index >= 15 is 0 Å². The minimum Gasteiger partial charge on any atom is -0.288 e. The maximum Gasteiger partial charge on any atom is 0.204 e. The van der Waals surface area contributed by atoms with Crippen LogP contribution in [0.5, 0.6) is 0 Å². The molecule has 1 nitrogen and oxygen atoms in total. The molecule has 0 saturated heterocycles. The zero-order valence-corrected chi connectivity index (χ0v) is 12.4. The molecule has 0 unspecified atom stereocenters. The van der Waals surface area contributed by atoms with E-state index in [1.54, 1.807) is 0 Å². The van der Waals surface area contributed by atoms with Crippen LogP contribution in [0.1, 0.15) is 20.8 Å². The topological polar surface area (TPSA) is 17.1 Å². The van der Waals surface area contributed by atoms with Crippen molar-refractivity contribution >= 4 is 49.0 Å². The summed E-state index contributed by atoms with van der Waals surface area (Å²) in [6.07, 6.45) is 0. The molecule has 82 valence electrons. The molecule has 0 atom stereocenters. The van der Waals surface area contributed by atoms with E-state index in [-0.39, 0.29) is 5.78 Å². The Morgan fingerprint density at radius 2 is 1.94 bits per heavy atom. The molecule has 1 aromatic carbocycles. The van der Waals surface area contributed by atoms with Crippen LogP contribution in [-0.4, -0.2) is 5.78 Å². The van der Waals surface area contributed by atoms with Crippen molar-refractivity contribution in [2.24, 2.45) is 0 Å². The van der Waals surface area contributed by atoms with Crippen LogP contribution in [0.3, 0.4) is 0 Å². The maximum atomic E-state index is 12.2. The Kier molecular flexibility index (Phi) is 3.62. The van der Waals surface area contributed by atoms with Gasteiger partial charge in [-0.1, -0.05) is 22.0 Å². The lowest BCUT2D eigenvalue weighted by Crippen LogP contribution is -1.99. The fourth-order valence-corrected chi connectivity index (χ4v) is 3.39. The highest BCUT2D eigenvalue weighted by Gasteiger charge is 2.14. The van der Waals surface area contributed by atoms with Crippen molar-refractivity contribution in [1.29, 1.82) is 0 Å². The molecule has 0 N–H and O–H groups in total. The number of thiophene rings is 1. The lowest BCUT2D eigenvalue weighted by molar-refractivity contribution is 0.104. The van der Waals surface area contributed by atoms with Crippen molar-refractivity contribution in [3.63, 3.8) is 0 Å². The number of aryl methyl sites for hydroxylation is 1. The van der Waals surface area contributed by atoms with Gasteiger partial charge in [-0.05, 0) is 52.7 Å². The minimum atomic E-state index is 0.0579. The Morgan fingerprint density at radius 3 is 2.50 bits per heavy atom. The number of hydrogen-bond donors (Lipinski definition) is 0. The van der Waals surface area contributed by atoms with E-state index in [4.69, 9.17) is 0 Å². The van der Waals surface area contributed by atoms with Crippen LogP contribution in [0.4, 0.5) is 0 Å². The van der Waals surface area contributed by atoms with Gasteiger partial charge in [-0.3, -0.25) is 4.79 Å². The average molecular weight is 360 g/mol. The van der Waals surface area contributed by atoms with Gasteiger partial charge in [0.1, 0.15) is 0 Å². The number of carbonyl (C=O) groups is 1. The summed E-state index contributed by atoms with van der Waals surface area (Å²) in [4.78, 5) is 12.9. The standard InChI is InChI=1S/C12H8Br2OS/c1-7-2-3-8(9(13)6-7)12(15)10-4-5-11(14)16-10/h2-6H,1H3. The Morgan fingerprint density at radius 1 is 1.19 bits per heavy atom. The van der Waals surface area contributed by atoms with E-state index < -0.39 is 0 Å². The van der Waals surface area contributed by atoms with Gasteiger partial charge >= 0.3 is 0 Å². The Hall–Kier alpha value is -0.450. The second-order valence-corrected chi connectivity index (χ2v) is 6.73. The molecule has 1 aromatic heterocycles. The molecule has 0 amide bonds. The van der Waals surface area contributed by atoms with Crippen molar-refractivity contribution in [1.82, 2.24) is 0 Å². The summed E-state index contributed by atoms with van der Waals surface area (Å²) in [7, 11) is 0. The minimum absolute atomic E-state index is 0.0579. The van der Waals surface area contributed by atoms with Crippen LogP contribution in [0.25, 0.3) is 0 Å². The number of halogens is 2. The summed E-state index contributed by atoms with van der Waals surface area (Å²) in [5.74, 6) is 0.0579. The van der Waals surface area contributed by atoms with E-state index in [9.17, 15) is 4.79 Å². The molecule has 0 aliphatic rings. The number of hydrogen-bond acceptors (Lipinski definition) is 2. The molecular formula is C12H8Br2OS. The Balaban J connectivity index is 2.41. The first-order chi connectivity index (χ1) is 7.58. The van der Waals surface area contributed by atoms with Gasteiger partial charge in [-0.2, -0.15) is 0 Å². The van der Waals surface area contributed by atoms with Gasteiger partial charge in [0.2, 0.25) is 5.78 Å². The van der Waals surface area contributed by atoms with Crippen LogP contribution >= 0.6 is 43.2 Å². The fraction of sp³-hybridized carbons (Fsp3) is 0.0833. The lowest BCUT2D eigenvalue weighted by Gasteiger charge is -2.02. The molecule has 0 radical (unpaired) electrons. The summed E-state index contributed by atoms with van der Waals surface area (Å²) < 4.78 is 1.82. The van der Waals surface area contributed by atoms with Gasteiger partial charge in [-0.25, -0.2) is 0 Å². The maximum absolute atomic E-state index is 12.2. The van der Waals surface area contributed by atoms with Crippen molar-refractivity contribution in [2.45, 2.75) is 6.92 Å². The smallest absolute Gasteiger partial charge is 0.204 e. The first-order valence-electron chi connectivity index (χ1n) is 4.64. The van der Waals surface area contributed by atoms with Gasteiger partial charge < -0.3 is 0 Å². The summed E-state index contributed by atoms with van der Waals surface area (Å²) >= 11 is 8.23.